The van der Waals surface area contributed by atoms with E-state index in [1.165, 1.54) is 0 Å². The first-order chi connectivity index (χ1) is 13.0. The number of nitrogens with zero attached hydrogens (tertiary/aromatic N) is 2. The summed E-state index contributed by atoms with van der Waals surface area (Å²) in [5.74, 6) is 0.647. The summed E-state index contributed by atoms with van der Waals surface area (Å²) in [5, 5.41) is 2.54. The molecule has 1 saturated heterocycles. The van der Waals surface area contributed by atoms with Crippen molar-refractivity contribution in [2.75, 3.05) is 53.0 Å². The normalized spacial score (nSPS) is 13.7. The molecule has 1 fully saturated rings. The highest BCUT2D eigenvalue weighted by Gasteiger charge is 2.24. The molecule has 2 rings (SSSR count). The van der Waals surface area contributed by atoms with Crippen molar-refractivity contribution >= 4 is 17.9 Å². The molecule has 0 atom stereocenters. The van der Waals surface area contributed by atoms with Gasteiger partial charge in [-0.2, -0.15) is 0 Å². The van der Waals surface area contributed by atoms with Crippen molar-refractivity contribution in [1.82, 2.24) is 15.1 Å². The molecule has 0 spiro atoms. The molecule has 27 heavy (non-hydrogen) atoms. The van der Waals surface area contributed by atoms with Crippen molar-refractivity contribution in [2.24, 2.45) is 0 Å². The van der Waals surface area contributed by atoms with Crippen molar-refractivity contribution in [2.45, 2.75) is 6.92 Å². The Hall–Kier alpha value is -2.97. The number of hydrogen-bond acceptors (Lipinski definition) is 6. The summed E-state index contributed by atoms with van der Waals surface area (Å²) in [7, 11) is 1.57. The van der Waals surface area contributed by atoms with Gasteiger partial charge >= 0.3 is 6.09 Å². The Morgan fingerprint density at radius 1 is 1.00 bits per heavy atom. The molecule has 9 nitrogen and oxygen atoms in total. The van der Waals surface area contributed by atoms with Crippen molar-refractivity contribution in [3.05, 3.63) is 24.3 Å². The van der Waals surface area contributed by atoms with Gasteiger partial charge in [0, 0.05) is 26.2 Å². The number of amides is 3. The van der Waals surface area contributed by atoms with Crippen molar-refractivity contribution in [1.29, 1.82) is 0 Å². The fourth-order valence-corrected chi connectivity index (χ4v) is 2.51. The predicted octanol–water partition coefficient (Wildman–Crippen LogP) is 0.491. The fourth-order valence-electron chi connectivity index (χ4n) is 2.51. The Balaban J connectivity index is 1.66. The van der Waals surface area contributed by atoms with Crippen molar-refractivity contribution in [3.8, 4) is 11.5 Å². The topological polar surface area (TPSA) is 97.4 Å². The molecular weight excluding hydrogens is 354 g/mol. The van der Waals surface area contributed by atoms with Crippen LogP contribution in [-0.2, 0) is 14.3 Å². The summed E-state index contributed by atoms with van der Waals surface area (Å²) in [6.07, 6.45) is -0.367. The molecule has 1 aliphatic heterocycles. The molecule has 1 heterocycles. The van der Waals surface area contributed by atoms with Crippen molar-refractivity contribution < 1.29 is 28.6 Å². The average molecular weight is 379 g/mol. The highest BCUT2D eigenvalue weighted by atomic mass is 16.6. The van der Waals surface area contributed by atoms with E-state index in [1.807, 2.05) is 0 Å². The minimum absolute atomic E-state index is 0.107. The van der Waals surface area contributed by atoms with Crippen LogP contribution in [0.15, 0.2) is 24.3 Å². The highest BCUT2D eigenvalue weighted by molar-refractivity contribution is 5.85. The molecule has 0 radical (unpaired) electrons. The second-order valence-corrected chi connectivity index (χ2v) is 5.81. The first-order valence-corrected chi connectivity index (χ1v) is 8.76. The smallest absolute Gasteiger partial charge is 0.409 e. The highest BCUT2D eigenvalue weighted by Crippen LogP contribution is 2.16. The Bertz CT molecular complexity index is 641. The van der Waals surface area contributed by atoms with Gasteiger partial charge in [0.25, 0.3) is 5.91 Å². The molecule has 0 unspecified atom stereocenters. The van der Waals surface area contributed by atoms with Crippen LogP contribution < -0.4 is 14.8 Å². The van der Waals surface area contributed by atoms with Gasteiger partial charge < -0.3 is 29.3 Å². The molecule has 0 aliphatic carbocycles. The van der Waals surface area contributed by atoms with E-state index in [4.69, 9.17) is 14.2 Å². The number of nitrogens with one attached hydrogen (secondary N) is 1. The monoisotopic (exact) mass is 379 g/mol. The maximum atomic E-state index is 12.2. The lowest BCUT2D eigenvalue weighted by molar-refractivity contribution is -0.134. The Kier molecular flexibility index (Phi) is 7.72. The van der Waals surface area contributed by atoms with Gasteiger partial charge in [0.2, 0.25) is 5.91 Å². The summed E-state index contributed by atoms with van der Waals surface area (Å²) in [4.78, 5) is 38.8. The zero-order valence-corrected chi connectivity index (χ0v) is 15.6. The molecule has 0 saturated carbocycles. The summed E-state index contributed by atoms with van der Waals surface area (Å²) < 4.78 is 15.3. The average Bonchev–Trinajstić information content (AvgIpc) is 2.71. The van der Waals surface area contributed by atoms with Gasteiger partial charge in [-0.3, -0.25) is 9.59 Å². The van der Waals surface area contributed by atoms with Crippen LogP contribution >= 0.6 is 0 Å². The van der Waals surface area contributed by atoms with Gasteiger partial charge in [0.05, 0.1) is 20.3 Å². The lowest BCUT2D eigenvalue weighted by Gasteiger charge is -2.34. The van der Waals surface area contributed by atoms with E-state index in [0.717, 1.165) is 0 Å². The molecular formula is C18H25N3O6. The van der Waals surface area contributed by atoms with E-state index in [1.54, 1.807) is 48.1 Å². The van der Waals surface area contributed by atoms with Gasteiger partial charge in [-0.25, -0.2) is 4.79 Å². The number of piperazine rings is 1. The van der Waals surface area contributed by atoms with Crippen LogP contribution in [0.5, 0.6) is 11.5 Å². The van der Waals surface area contributed by atoms with Crippen LogP contribution in [0, 0.1) is 0 Å². The van der Waals surface area contributed by atoms with E-state index in [2.05, 4.69) is 5.32 Å². The Morgan fingerprint density at radius 2 is 1.59 bits per heavy atom. The molecule has 3 amide bonds. The summed E-state index contributed by atoms with van der Waals surface area (Å²) >= 11 is 0. The zero-order chi connectivity index (χ0) is 19.6. The third-order valence-corrected chi connectivity index (χ3v) is 4.02. The molecule has 0 aromatic heterocycles. The van der Waals surface area contributed by atoms with Crippen LogP contribution in [-0.4, -0.2) is 80.8 Å². The number of methoxy groups -OCH3 is 1. The largest absolute Gasteiger partial charge is 0.497 e. The molecule has 1 aliphatic rings. The van der Waals surface area contributed by atoms with E-state index < -0.39 is 0 Å². The molecule has 1 N–H and O–H groups in total. The number of benzene rings is 1. The third kappa shape index (κ3) is 6.36. The summed E-state index contributed by atoms with van der Waals surface area (Å²) in [6, 6.07) is 6.85. The van der Waals surface area contributed by atoms with Crippen molar-refractivity contribution in [3.63, 3.8) is 0 Å². The molecule has 1 aromatic rings. The van der Waals surface area contributed by atoms with Crippen LogP contribution in [0.3, 0.4) is 0 Å². The molecule has 148 valence electrons. The molecule has 0 bridgehead atoms. The lowest BCUT2D eigenvalue weighted by atomic mass is 10.3. The van der Waals surface area contributed by atoms with Gasteiger partial charge in [0.1, 0.15) is 11.5 Å². The second kappa shape index (κ2) is 10.2. The van der Waals surface area contributed by atoms with E-state index in [-0.39, 0.29) is 31.1 Å². The minimum Gasteiger partial charge on any atom is -0.497 e. The quantitative estimate of drug-likeness (QED) is 0.741. The van der Waals surface area contributed by atoms with Crippen LogP contribution in [0.1, 0.15) is 6.92 Å². The predicted molar refractivity (Wildman–Crippen MR) is 96.7 cm³/mol. The van der Waals surface area contributed by atoms with E-state index in [0.29, 0.717) is 44.3 Å². The number of ether oxygens (including phenoxy) is 3. The van der Waals surface area contributed by atoms with Crippen LogP contribution in [0.2, 0.25) is 0 Å². The van der Waals surface area contributed by atoms with E-state index >= 15 is 0 Å². The maximum absolute atomic E-state index is 12.2. The summed E-state index contributed by atoms with van der Waals surface area (Å²) in [6.45, 7) is 3.44. The molecule has 1 aromatic carbocycles. The Morgan fingerprint density at radius 3 is 2.19 bits per heavy atom. The number of carbonyl (C=O) groups is 3. The first kappa shape index (κ1) is 20.3. The number of rotatable bonds is 7. The fraction of sp³-hybridized carbons (Fsp3) is 0.500. The summed E-state index contributed by atoms with van der Waals surface area (Å²) in [5.41, 5.74) is 0. The third-order valence-electron chi connectivity index (χ3n) is 4.02. The maximum Gasteiger partial charge on any atom is 0.409 e. The molecule has 9 heteroatoms. The number of hydrogen-bond donors (Lipinski definition) is 1. The van der Waals surface area contributed by atoms with Gasteiger partial charge in [0.15, 0.2) is 6.61 Å². The van der Waals surface area contributed by atoms with Crippen LogP contribution in [0.25, 0.3) is 0 Å². The number of carbonyl (C=O) groups excluding carboxylic acids is 3. The SMILES string of the molecule is CCOC(=O)N1CCN(C(=O)CNC(=O)COc2ccc(OC)cc2)CC1. The second-order valence-electron chi connectivity index (χ2n) is 5.81. The van der Waals surface area contributed by atoms with E-state index in [9.17, 15) is 14.4 Å². The Labute approximate surface area is 158 Å². The first-order valence-electron chi connectivity index (χ1n) is 8.76. The van der Waals surface area contributed by atoms with Gasteiger partial charge in [-0.05, 0) is 31.2 Å². The zero-order valence-electron chi connectivity index (χ0n) is 15.6. The lowest BCUT2D eigenvalue weighted by Crippen LogP contribution is -2.52. The standard InChI is InChI=1S/C18H25N3O6/c1-3-26-18(24)21-10-8-20(9-11-21)17(23)12-19-16(22)13-27-15-6-4-14(25-2)5-7-15/h4-7H,3,8-13H2,1-2H3,(H,19,22). The minimum atomic E-state index is -0.385. The van der Waals surface area contributed by atoms with Crippen LogP contribution in [0.4, 0.5) is 4.79 Å². The van der Waals surface area contributed by atoms with Gasteiger partial charge in [-0.1, -0.05) is 0 Å². The van der Waals surface area contributed by atoms with Gasteiger partial charge in [-0.15, -0.1) is 0 Å².